The number of esters is 1. The number of carboxylic acids is 1. The number of carbonyl (C=O) groups excluding carboxylic acids is 2. The molecule has 0 bridgehead atoms. The van der Waals surface area contributed by atoms with Crippen LogP contribution in [0.15, 0.2) is 0 Å². The Bertz CT molecular complexity index is 358. The summed E-state index contributed by atoms with van der Waals surface area (Å²) in [6, 6.07) is -1.65. The number of aliphatic carboxylic acids is 1. The van der Waals surface area contributed by atoms with Crippen LogP contribution in [0.2, 0.25) is 0 Å². The van der Waals surface area contributed by atoms with Gasteiger partial charge in [0.15, 0.2) is 0 Å². The van der Waals surface area contributed by atoms with E-state index in [4.69, 9.17) is 5.11 Å². The molecule has 0 saturated carbocycles. The number of nitrogens with one attached hydrogen (secondary N) is 2. The van der Waals surface area contributed by atoms with E-state index < -0.39 is 24.0 Å². The SMILES string of the molecule is CCC(CC)(CC)NC(=O)N[C@@H](CCC(=O)OC)C(=O)O. The number of carboxylic acid groups (broad SMARTS) is 1. The van der Waals surface area contributed by atoms with Gasteiger partial charge in [-0.2, -0.15) is 0 Å². The molecule has 0 fully saturated rings. The Morgan fingerprint density at radius 3 is 2.05 bits per heavy atom. The lowest BCUT2D eigenvalue weighted by Gasteiger charge is -2.32. The van der Waals surface area contributed by atoms with Crippen LogP contribution in [0.5, 0.6) is 0 Å². The van der Waals surface area contributed by atoms with Gasteiger partial charge >= 0.3 is 18.0 Å². The number of ether oxygens (including phenoxy) is 1. The highest BCUT2D eigenvalue weighted by Crippen LogP contribution is 2.18. The first-order valence-corrected chi connectivity index (χ1v) is 7.22. The van der Waals surface area contributed by atoms with Gasteiger partial charge < -0.3 is 20.5 Å². The number of hydrogen-bond acceptors (Lipinski definition) is 4. The highest BCUT2D eigenvalue weighted by atomic mass is 16.5. The first-order valence-electron chi connectivity index (χ1n) is 7.22. The van der Waals surface area contributed by atoms with Crippen molar-refractivity contribution in [3.05, 3.63) is 0 Å². The van der Waals surface area contributed by atoms with Gasteiger partial charge in [0.1, 0.15) is 6.04 Å². The van der Waals surface area contributed by atoms with Crippen molar-refractivity contribution in [2.45, 2.75) is 64.5 Å². The van der Waals surface area contributed by atoms with Crippen LogP contribution in [0.1, 0.15) is 52.9 Å². The summed E-state index contributed by atoms with van der Waals surface area (Å²) < 4.78 is 4.46. The Morgan fingerprint density at radius 1 is 1.14 bits per heavy atom. The van der Waals surface area contributed by atoms with E-state index >= 15 is 0 Å². The molecule has 2 amide bonds. The van der Waals surface area contributed by atoms with Gasteiger partial charge in [0.25, 0.3) is 0 Å². The molecule has 0 aliphatic carbocycles. The maximum Gasteiger partial charge on any atom is 0.326 e. The van der Waals surface area contributed by atoms with Crippen LogP contribution in [0.25, 0.3) is 0 Å². The van der Waals surface area contributed by atoms with Gasteiger partial charge in [-0.15, -0.1) is 0 Å². The van der Waals surface area contributed by atoms with Gasteiger partial charge in [0.05, 0.1) is 7.11 Å². The smallest absolute Gasteiger partial charge is 0.326 e. The molecule has 1 atom stereocenters. The number of carbonyl (C=O) groups is 3. The lowest BCUT2D eigenvalue weighted by atomic mass is 9.90. The number of methoxy groups -OCH3 is 1. The minimum atomic E-state index is -1.18. The molecule has 0 radical (unpaired) electrons. The van der Waals surface area contributed by atoms with Crippen LogP contribution in [-0.4, -0.2) is 41.8 Å². The van der Waals surface area contributed by atoms with Crippen molar-refractivity contribution >= 4 is 18.0 Å². The van der Waals surface area contributed by atoms with E-state index in [2.05, 4.69) is 15.4 Å². The van der Waals surface area contributed by atoms with E-state index in [1.165, 1.54) is 7.11 Å². The zero-order valence-electron chi connectivity index (χ0n) is 13.2. The van der Waals surface area contributed by atoms with Crippen LogP contribution < -0.4 is 10.6 Å². The summed E-state index contributed by atoms with van der Waals surface area (Å²) in [5.41, 5.74) is -0.338. The summed E-state index contributed by atoms with van der Waals surface area (Å²) in [5, 5.41) is 14.3. The molecule has 3 N–H and O–H groups in total. The average Bonchev–Trinajstić information content (AvgIpc) is 2.48. The lowest BCUT2D eigenvalue weighted by Crippen LogP contribution is -2.54. The molecule has 122 valence electrons. The van der Waals surface area contributed by atoms with Crippen molar-refractivity contribution in [2.75, 3.05) is 7.11 Å². The van der Waals surface area contributed by atoms with Crippen LogP contribution in [0.4, 0.5) is 4.79 Å². The molecule has 7 heteroatoms. The Morgan fingerprint density at radius 2 is 1.67 bits per heavy atom. The second-order valence-corrected chi connectivity index (χ2v) is 4.95. The van der Waals surface area contributed by atoms with Gasteiger partial charge in [-0.3, -0.25) is 4.79 Å². The number of urea groups is 1. The van der Waals surface area contributed by atoms with Crippen molar-refractivity contribution in [3.63, 3.8) is 0 Å². The standard InChI is InChI=1S/C14H26N2O5/c1-5-14(6-2,7-3)16-13(20)15-10(12(18)19)8-9-11(17)21-4/h10H,5-9H2,1-4H3,(H,18,19)(H2,15,16,20)/t10-/m0/s1. The van der Waals surface area contributed by atoms with Crippen molar-refractivity contribution in [1.29, 1.82) is 0 Å². The third-order valence-corrected chi connectivity index (χ3v) is 3.88. The molecule has 0 rings (SSSR count). The van der Waals surface area contributed by atoms with Crippen LogP contribution in [0.3, 0.4) is 0 Å². The zero-order chi connectivity index (χ0) is 16.5. The van der Waals surface area contributed by atoms with Gasteiger partial charge in [-0.05, 0) is 25.7 Å². The predicted molar refractivity (Wildman–Crippen MR) is 77.9 cm³/mol. The molecule has 0 unspecified atom stereocenters. The van der Waals surface area contributed by atoms with E-state index in [1.54, 1.807) is 0 Å². The first kappa shape index (κ1) is 19.2. The third kappa shape index (κ3) is 6.46. The Labute approximate surface area is 125 Å². The average molecular weight is 302 g/mol. The Hall–Kier alpha value is -1.79. The summed E-state index contributed by atoms with van der Waals surface area (Å²) >= 11 is 0. The topological polar surface area (TPSA) is 105 Å². The van der Waals surface area contributed by atoms with Crippen molar-refractivity contribution in [3.8, 4) is 0 Å². The highest BCUT2D eigenvalue weighted by molar-refractivity contribution is 5.83. The Balaban J connectivity index is 4.61. The molecule has 0 spiro atoms. The summed E-state index contributed by atoms with van der Waals surface area (Å²) in [6.07, 6.45) is 2.20. The minimum Gasteiger partial charge on any atom is -0.480 e. The zero-order valence-corrected chi connectivity index (χ0v) is 13.2. The highest BCUT2D eigenvalue weighted by Gasteiger charge is 2.28. The monoisotopic (exact) mass is 302 g/mol. The summed E-state index contributed by atoms with van der Waals surface area (Å²) in [4.78, 5) is 34.1. The van der Waals surface area contributed by atoms with Crippen molar-refractivity contribution in [2.24, 2.45) is 0 Å². The fourth-order valence-electron chi connectivity index (χ4n) is 2.07. The van der Waals surface area contributed by atoms with Gasteiger partial charge in [0, 0.05) is 12.0 Å². The normalized spacial score (nSPS) is 12.4. The van der Waals surface area contributed by atoms with Gasteiger partial charge in [-0.1, -0.05) is 20.8 Å². The second kappa shape index (κ2) is 9.20. The maximum absolute atomic E-state index is 12.0. The number of amides is 2. The molecular weight excluding hydrogens is 276 g/mol. The molecular formula is C14H26N2O5. The molecule has 0 aliphatic heterocycles. The summed E-state index contributed by atoms with van der Waals surface area (Å²) in [7, 11) is 1.23. The van der Waals surface area contributed by atoms with Crippen LogP contribution in [-0.2, 0) is 14.3 Å². The molecule has 21 heavy (non-hydrogen) atoms. The fourth-order valence-corrected chi connectivity index (χ4v) is 2.07. The maximum atomic E-state index is 12.0. The van der Waals surface area contributed by atoms with Crippen molar-refractivity contribution in [1.82, 2.24) is 10.6 Å². The summed E-state index contributed by atoms with van der Waals surface area (Å²) in [6.45, 7) is 5.91. The lowest BCUT2D eigenvalue weighted by molar-refractivity contribution is -0.142. The molecule has 7 nitrogen and oxygen atoms in total. The first-order chi connectivity index (χ1) is 9.83. The molecule has 0 heterocycles. The van der Waals surface area contributed by atoms with E-state index in [0.29, 0.717) is 0 Å². The molecule has 0 aromatic heterocycles. The fraction of sp³-hybridized carbons (Fsp3) is 0.786. The molecule has 0 aromatic carbocycles. The largest absolute Gasteiger partial charge is 0.480 e. The number of hydrogen-bond donors (Lipinski definition) is 3. The molecule has 0 aliphatic rings. The van der Waals surface area contributed by atoms with Crippen molar-refractivity contribution < 1.29 is 24.2 Å². The van der Waals surface area contributed by atoms with Crippen LogP contribution >= 0.6 is 0 Å². The second-order valence-electron chi connectivity index (χ2n) is 4.95. The quantitative estimate of drug-likeness (QED) is 0.562. The van der Waals surface area contributed by atoms with E-state index in [0.717, 1.165) is 19.3 Å². The van der Waals surface area contributed by atoms with Gasteiger partial charge in [-0.25, -0.2) is 9.59 Å². The molecule has 0 saturated heterocycles. The van der Waals surface area contributed by atoms with Gasteiger partial charge in [0.2, 0.25) is 0 Å². The molecule has 0 aromatic rings. The van der Waals surface area contributed by atoms with E-state index in [9.17, 15) is 14.4 Å². The predicted octanol–water partition coefficient (Wildman–Crippen LogP) is 1.66. The third-order valence-electron chi connectivity index (χ3n) is 3.88. The minimum absolute atomic E-state index is 0.00714. The Kier molecular flexibility index (Phi) is 8.42. The van der Waals surface area contributed by atoms with E-state index in [-0.39, 0.29) is 18.4 Å². The van der Waals surface area contributed by atoms with Crippen LogP contribution in [0, 0.1) is 0 Å². The number of rotatable bonds is 9. The van der Waals surface area contributed by atoms with E-state index in [1.807, 2.05) is 20.8 Å². The summed E-state index contributed by atoms with van der Waals surface area (Å²) in [5.74, 6) is -1.68.